The lowest BCUT2D eigenvalue weighted by molar-refractivity contribution is 0.172. The highest BCUT2D eigenvalue weighted by Crippen LogP contribution is 2.06. The summed E-state index contributed by atoms with van der Waals surface area (Å²) in [5, 5.41) is 9.35. The Labute approximate surface area is 91.2 Å². The number of aromatic hydroxyl groups is 1. The number of phenolic OH excluding ortho intramolecular Hbond substituents is 1. The average Bonchev–Trinajstić information content (AvgIpc) is 2.16. The summed E-state index contributed by atoms with van der Waals surface area (Å²) >= 11 is 0. The molecule has 1 aromatic carbocycles. The zero-order valence-corrected chi connectivity index (χ0v) is 9.43. The molecule has 0 radical (unpaired) electrons. The molecule has 0 heterocycles. The van der Waals surface area contributed by atoms with Crippen LogP contribution in [-0.2, 0) is 9.31 Å². The van der Waals surface area contributed by atoms with E-state index in [1.54, 1.807) is 18.2 Å². The molecule has 0 amide bonds. The van der Waals surface area contributed by atoms with Crippen molar-refractivity contribution < 1.29 is 14.4 Å². The average molecular weight is 208 g/mol. The molecule has 0 saturated heterocycles. The molecule has 1 aromatic rings. The van der Waals surface area contributed by atoms with Gasteiger partial charge in [-0.05, 0) is 38.4 Å². The molecule has 0 aliphatic carbocycles. The van der Waals surface area contributed by atoms with Gasteiger partial charge in [-0.15, -0.1) is 0 Å². The van der Waals surface area contributed by atoms with Crippen LogP contribution in [0.5, 0.6) is 5.75 Å². The fourth-order valence-electron chi connectivity index (χ4n) is 1.28. The molecule has 1 rings (SSSR count). The largest absolute Gasteiger partial charge is 0.508 e. The molecule has 0 aliphatic heterocycles. The van der Waals surface area contributed by atoms with Crippen LogP contribution in [-0.4, -0.2) is 24.9 Å². The Bertz CT molecular complexity index is 302. The van der Waals surface area contributed by atoms with Crippen molar-refractivity contribution in [2.24, 2.45) is 0 Å². The van der Waals surface area contributed by atoms with Crippen molar-refractivity contribution in [2.75, 3.05) is 6.61 Å². The Morgan fingerprint density at radius 3 is 2.67 bits per heavy atom. The molecule has 0 spiro atoms. The Balaban J connectivity index is 2.78. The van der Waals surface area contributed by atoms with E-state index >= 15 is 0 Å². The van der Waals surface area contributed by atoms with Crippen molar-refractivity contribution in [3.05, 3.63) is 24.3 Å². The zero-order valence-electron chi connectivity index (χ0n) is 9.43. The van der Waals surface area contributed by atoms with Gasteiger partial charge in [0.25, 0.3) is 0 Å². The number of hydrogen-bond acceptors (Lipinski definition) is 3. The fraction of sp³-hybridized carbons (Fsp3) is 0.455. The summed E-state index contributed by atoms with van der Waals surface area (Å²) in [4.78, 5) is 0. The van der Waals surface area contributed by atoms with Gasteiger partial charge in [-0.2, -0.15) is 0 Å². The van der Waals surface area contributed by atoms with Gasteiger partial charge < -0.3 is 14.4 Å². The summed E-state index contributed by atoms with van der Waals surface area (Å²) < 4.78 is 11.1. The predicted molar refractivity (Wildman–Crippen MR) is 61.3 cm³/mol. The Morgan fingerprint density at radius 1 is 1.40 bits per heavy atom. The third-order valence-corrected chi connectivity index (χ3v) is 1.86. The van der Waals surface area contributed by atoms with Crippen LogP contribution in [0.2, 0.25) is 0 Å². The van der Waals surface area contributed by atoms with Crippen LogP contribution < -0.4 is 5.46 Å². The van der Waals surface area contributed by atoms with Gasteiger partial charge in [0.05, 0.1) is 0 Å². The molecule has 3 nitrogen and oxygen atoms in total. The molecule has 0 fully saturated rings. The van der Waals surface area contributed by atoms with Gasteiger partial charge in [0.15, 0.2) is 0 Å². The van der Waals surface area contributed by atoms with E-state index in [2.05, 4.69) is 0 Å². The van der Waals surface area contributed by atoms with E-state index in [-0.39, 0.29) is 11.9 Å². The van der Waals surface area contributed by atoms with E-state index in [1.165, 1.54) is 0 Å². The maximum absolute atomic E-state index is 9.35. The molecule has 1 N–H and O–H groups in total. The van der Waals surface area contributed by atoms with E-state index in [9.17, 15) is 5.11 Å². The first-order valence-corrected chi connectivity index (χ1v) is 5.19. The van der Waals surface area contributed by atoms with Crippen LogP contribution in [0, 0.1) is 0 Å². The molecular weight excluding hydrogens is 191 g/mol. The highest BCUT2D eigenvalue weighted by atomic mass is 16.6. The molecule has 0 bridgehead atoms. The van der Waals surface area contributed by atoms with Crippen LogP contribution in [0.15, 0.2) is 24.3 Å². The van der Waals surface area contributed by atoms with Crippen LogP contribution in [0.4, 0.5) is 0 Å². The number of phenols is 1. The van der Waals surface area contributed by atoms with Crippen molar-refractivity contribution in [1.29, 1.82) is 0 Å². The molecule has 82 valence electrons. The van der Waals surface area contributed by atoms with Gasteiger partial charge in [0.1, 0.15) is 5.75 Å². The number of benzene rings is 1. The second kappa shape index (κ2) is 5.78. The Hall–Kier alpha value is -0.995. The minimum absolute atomic E-state index is 0.0869. The monoisotopic (exact) mass is 208 g/mol. The van der Waals surface area contributed by atoms with E-state index in [0.717, 1.165) is 5.46 Å². The van der Waals surface area contributed by atoms with Gasteiger partial charge in [-0.1, -0.05) is 12.1 Å². The van der Waals surface area contributed by atoms with E-state index in [0.29, 0.717) is 6.61 Å². The molecule has 15 heavy (non-hydrogen) atoms. The molecule has 0 unspecified atom stereocenters. The molecule has 4 heteroatoms. The summed E-state index contributed by atoms with van der Waals surface area (Å²) in [5.41, 5.74) is 0.838. The maximum atomic E-state index is 9.35. The summed E-state index contributed by atoms with van der Waals surface area (Å²) in [6.45, 7) is 6.40. The highest BCUT2D eigenvalue weighted by Gasteiger charge is 2.22. The van der Waals surface area contributed by atoms with Crippen molar-refractivity contribution in [3.8, 4) is 5.75 Å². The predicted octanol–water partition coefficient (Wildman–Crippen LogP) is 1.55. The van der Waals surface area contributed by atoms with Gasteiger partial charge in [-0.3, -0.25) is 0 Å². The third-order valence-electron chi connectivity index (χ3n) is 1.86. The fourth-order valence-corrected chi connectivity index (χ4v) is 1.28. The minimum atomic E-state index is -0.401. The summed E-state index contributed by atoms with van der Waals surface area (Å²) in [5.74, 6) is 0.226. The van der Waals surface area contributed by atoms with Crippen molar-refractivity contribution in [2.45, 2.75) is 26.9 Å². The highest BCUT2D eigenvalue weighted by molar-refractivity contribution is 6.61. The third kappa shape index (κ3) is 3.94. The van der Waals surface area contributed by atoms with Crippen LogP contribution in [0.25, 0.3) is 0 Å². The maximum Gasteiger partial charge on any atom is 0.494 e. The van der Waals surface area contributed by atoms with Crippen molar-refractivity contribution in [3.63, 3.8) is 0 Å². The summed E-state index contributed by atoms with van der Waals surface area (Å²) in [6, 6.07) is 6.94. The Kier molecular flexibility index (Phi) is 4.65. The zero-order chi connectivity index (χ0) is 11.3. The molecule has 0 aromatic heterocycles. The van der Waals surface area contributed by atoms with Crippen molar-refractivity contribution >= 4 is 12.6 Å². The first kappa shape index (κ1) is 12.1. The lowest BCUT2D eigenvalue weighted by Crippen LogP contribution is -2.38. The molecule has 0 atom stereocenters. The van der Waals surface area contributed by atoms with E-state index < -0.39 is 7.12 Å². The lowest BCUT2D eigenvalue weighted by atomic mass is 9.78. The number of hydrogen-bond donors (Lipinski definition) is 1. The van der Waals surface area contributed by atoms with Gasteiger partial charge in [0.2, 0.25) is 0 Å². The second-order valence-corrected chi connectivity index (χ2v) is 3.57. The smallest absolute Gasteiger partial charge is 0.494 e. The van der Waals surface area contributed by atoms with E-state index in [1.807, 2.05) is 26.8 Å². The first-order valence-electron chi connectivity index (χ1n) is 5.19. The van der Waals surface area contributed by atoms with Gasteiger partial charge >= 0.3 is 7.12 Å². The first-order chi connectivity index (χ1) is 7.13. The normalized spacial score (nSPS) is 10.7. The number of rotatable bonds is 5. The topological polar surface area (TPSA) is 38.7 Å². The SMILES string of the molecule is CCOB(OC(C)C)c1cccc(O)c1. The standard InChI is InChI=1S/C11H17BO3/c1-4-14-12(15-9(2)3)10-6-5-7-11(13)8-10/h5-9,13H,4H2,1-3H3. The van der Waals surface area contributed by atoms with Crippen LogP contribution >= 0.6 is 0 Å². The quantitative estimate of drug-likeness (QED) is 0.746. The molecule has 0 aliphatic rings. The van der Waals surface area contributed by atoms with E-state index in [4.69, 9.17) is 9.31 Å². The Morgan fingerprint density at radius 2 is 2.13 bits per heavy atom. The van der Waals surface area contributed by atoms with Crippen LogP contribution in [0.3, 0.4) is 0 Å². The molecule has 0 saturated carbocycles. The lowest BCUT2D eigenvalue weighted by Gasteiger charge is -2.16. The second-order valence-electron chi connectivity index (χ2n) is 3.57. The van der Waals surface area contributed by atoms with Crippen molar-refractivity contribution in [1.82, 2.24) is 0 Å². The summed E-state index contributed by atoms with van der Waals surface area (Å²) in [6.07, 6.45) is 0.0869. The van der Waals surface area contributed by atoms with Gasteiger partial charge in [-0.25, -0.2) is 0 Å². The van der Waals surface area contributed by atoms with Gasteiger partial charge in [0, 0.05) is 12.7 Å². The molecular formula is C11H17BO3. The minimum Gasteiger partial charge on any atom is -0.508 e. The van der Waals surface area contributed by atoms with Crippen LogP contribution in [0.1, 0.15) is 20.8 Å². The summed E-state index contributed by atoms with van der Waals surface area (Å²) in [7, 11) is -0.401.